The molecule has 11 heteroatoms. The molecule has 3 aromatic heterocycles. The number of hydrogen-bond acceptors (Lipinski definition) is 7. The standard InChI is InChI=1S/C27H25FN6O4/c1-37-17-23-22(27(36)31-13-21-19(11-29)7-9-24(38-2)26(21)28)16-34(32-23)15-20-8-6-18(12-30-20)14-33-10-4-3-5-25(33)35/h3-10,12,16H,13-15,17H2,1-2H3,(H,31,36). The van der Waals surface area contributed by atoms with Crippen LogP contribution in [0.1, 0.15) is 38.4 Å². The minimum Gasteiger partial charge on any atom is -0.494 e. The number of nitrogens with one attached hydrogen (secondary N) is 1. The first-order valence-electron chi connectivity index (χ1n) is 11.6. The topological polar surface area (TPSA) is 124 Å². The molecule has 4 aromatic rings. The van der Waals surface area contributed by atoms with Crippen molar-refractivity contribution in [2.24, 2.45) is 0 Å². The number of rotatable bonds is 10. The molecular formula is C27H25FN6O4. The van der Waals surface area contributed by atoms with E-state index in [0.29, 0.717) is 24.5 Å². The third kappa shape index (κ3) is 5.93. The van der Waals surface area contributed by atoms with E-state index in [0.717, 1.165) is 5.56 Å². The van der Waals surface area contributed by atoms with Gasteiger partial charge in [-0.3, -0.25) is 19.3 Å². The number of hydrogen-bond donors (Lipinski definition) is 1. The van der Waals surface area contributed by atoms with Crippen molar-refractivity contribution in [3.05, 3.63) is 111 Å². The Morgan fingerprint density at radius 3 is 2.68 bits per heavy atom. The largest absolute Gasteiger partial charge is 0.494 e. The first kappa shape index (κ1) is 26.2. The van der Waals surface area contributed by atoms with Crippen molar-refractivity contribution in [2.45, 2.75) is 26.2 Å². The second-order valence-corrected chi connectivity index (χ2v) is 8.35. The molecule has 1 N–H and O–H groups in total. The van der Waals surface area contributed by atoms with Gasteiger partial charge in [-0.15, -0.1) is 0 Å². The minimum atomic E-state index is -0.702. The van der Waals surface area contributed by atoms with Crippen LogP contribution >= 0.6 is 0 Å². The number of carbonyl (C=O) groups is 1. The minimum absolute atomic E-state index is 0.0181. The highest BCUT2D eigenvalue weighted by Crippen LogP contribution is 2.23. The molecule has 38 heavy (non-hydrogen) atoms. The van der Waals surface area contributed by atoms with Gasteiger partial charge in [0.1, 0.15) is 5.69 Å². The number of carbonyl (C=O) groups excluding carboxylic acids is 1. The molecule has 0 fully saturated rings. The number of nitriles is 1. The third-order valence-corrected chi connectivity index (χ3v) is 5.80. The predicted octanol–water partition coefficient (Wildman–Crippen LogP) is 2.63. The Balaban J connectivity index is 1.48. The number of pyridine rings is 2. The zero-order chi connectivity index (χ0) is 27.1. The Bertz CT molecular complexity index is 1540. The lowest BCUT2D eigenvalue weighted by molar-refractivity contribution is 0.0945. The first-order valence-corrected chi connectivity index (χ1v) is 11.6. The summed E-state index contributed by atoms with van der Waals surface area (Å²) in [5.74, 6) is -1.21. The highest BCUT2D eigenvalue weighted by atomic mass is 19.1. The van der Waals surface area contributed by atoms with Gasteiger partial charge < -0.3 is 19.4 Å². The molecule has 1 amide bonds. The Hall–Kier alpha value is -4.82. The average Bonchev–Trinajstić information content (AvgIpc) is 3.32. The summed E-state index contributed by atoms with van der Waals surface area (Å²) in [7, 11) is 2.81. The Morgan fingerprint density at radius 2 is 2.00 bits per heavy atom. The number of aromatic nitrogens is 4. The molecule has 0 saturated heterocycles. The number of nitrogens with zero attached hydrogens (tertiary/aromatic N) is 5. The molecule has 0 bridgehead atoms. The molecule has 4 rings (SSSR count). The quantitative estimate of drug-likeness (QED) is 0.344. The van der Waals surface area contributed by atoms with Crippen molar-refractivity contribution in [3.63, 3.8) is 0 Å². The summed E-state index contributed by atoms with van der Waals surface area (Å²) in [6.07, 6.45) is 4.97. The van der Waals surface area contributed by atoms with E-state index in [1.165, 1.54) is 32.4 Å². The summed E-state index contributed by atoms with van der Waals surface area (Å²) >= 11 is 0. The Morgan fingerprint density at radius 1 is 1.16 bits per heavy atom. The van der Waals surface area contributed by atoms with Crippen LogP contribution in [-0.2, 0) is 31.0 Å². The molecular weight excluding hydrogens is 491 g/mol. The molecule has 10 nitrogen and oxygen atoms in total. The summed E-state index contributed by atoms with van der Waals surface area (Å²) in [5, 5.41) is 16.4. The summed E-state index contributed by atoms with van der Waals surface area (Å²) in [4.78, 5) is 29.4. The number of benzene rings is 1. The van der Waals surface area contributed by atoms with Crippen LogP contribution < -0.4 is 15.6 Å². The molecule has 0 spiro atoms. The van der Waals surface area contributed by atoms with Crippen molar-refractivity contribution in [1.82, 2.24) is 24.6 Å². The number of ether oxygens (including phenoxy) is 2. The smallest absolute Gasteiger partial charge is 0.255 e. The molecule has 1 aromatic carbocycles. The molecule has 0 aliphatic carbocycles. The van der Waals surface area contributed by atoms with Crippen molar-refractivity contribution in [3.8, 4) is 11.8 Å². The predicted molar refractivity (Wildman–Crippen MR) is 135 cm³/mol. The maximum atomic E-state index is 14.7. The second-order valence-electron chi connectivity index (χ2n) is 8.35. The lowest BCUT2D eigenvalue weighted by Crippen LogP contribution is -2.24. The van der Waals surface area contributed by atoms with Gasteiger partial charge in [-0.25, -0.2) is 4.39 Å². The van der Waals surface area contributed by atoms with Gasteiger partial charge in [0.05, 0.1) is 49.7 Å². The van der Waals surface area contributed by atoms with Gasteiger partial charge in [0.15, 0.2) is 11.6 Å². The van der Waals surface area contributed by atoms with E-state index in [-0.39, 0.29) is 41.2 Å². The summed E-state index contributed by atoms with van der Waals surface area (Å²) in [6.45, 7) is 0.567. The SMILES string of the molecule is COCc1nn(Cc2ccc(Cn3ccccc3=O)cn2)cc1C(=O)NCc1c(C#N)ccc(OC)c1F. The summed E-state index contributed by atoms with van der Waals surface area (Å²) < 4.78 is 28.0. The second kappa shape index (κ2) is 11.9. The van der Waals surface area contributed by atoms with E-state index in [4.69, 9.17) is 9.47 Å². The van der Waals surface area contributed by atoms with Crippen LogP contribution in [0.2, 0.25) is 0 Å². The highest BCUT2D eigenvalue weighted by molar-refractivity contribution is 5.95. The monoisotopic (exact) mass is 516 g/mol. The molecule has 0 aliphatic heterocycles. The van der Waals surface area contributed by atoms with Crippen LogP contribution in [0.5, 0.6) is 5.75 Å². The Kier molecular flexibility index (Phi) is 8.25. The van der Waals surface area contributed by atoms with Crippen molar-refractivity contribution >= 4 is 5.91 Å². The zero-order valence-electron chi connectivity index (χ0n) is 20.8. The van der Waals surface area contributed by atoms with E-state index in [9.17, 15) is 19.2 Å². The van der Waals surface area contributed by atoms with E-state index in [2.05, 4.69) is 15.4 Å². The van der Waals surface area contributed by atoms with Crippen LogP contribution in [0.15, 0.2) is 65.8 Å². The fraction of sp³-hybridized carbons (Fsp3) is 0.222. The van der Waals surface area contributed by atoms with Gasteiger partial charge in [0.25, 0.3) is 11.5 Å². The molecule has 0 unspecified atom stereocenters. The van der Waals surface area contributed by atoms with Gasteiger partial charge in [-0.05, 0) is 29.8 Å². The van der Waals surface area contributed by atoms with E-state index < -0.39 is 11.7 Å². The van der Waals surface area contributed by atoms with Gasteiger partial charge in [0, 0.05) is 43.9 Å². The molecule has 0 radical (unpaired) electrons. The van der Waals surface area contributed by atoms with E-state index in [1.807, 2.05) is 18.2 Å². The number of methoxy groups -OCH3 is 2. The van der Waals surface area contributed by atoms with E-state index in [1.54, 1.807) is 40.0 Å². The summed E-state index contributed by atoms with van der Waals surface area (Å²) in [5.41, 5.74) is 2.26. The fourth-order valence-electron chi connectivity index (χ4n) is 3.87. The van der Waals surface area contributed by atoms with Gasteiger partial charge in [-0.1, -0.05) is 12.1 Å². The van der Waals surface area contributed by atoms with Crippen molar-refractivity contribution < 1.29 is 18.7 Å². The molecule has 0 aliphatic rings. The summed E-state index contributed by atoms with van der Waals surface area (Å²) in [6, 6.07) is 13.4. The Labute approximate surface area is 217 Å². The van der Waals surface area contributed by atoms with Crippen LogP contribution in [0, 0.1) is 17.1 Å². The van der Waals surface area contributed by atoms with Crippen LogP contribution in [0.25, 0.3) is 0 Å². The zero-order valence-corrected chi connectivity index (χ0v) is 20.8. The van der Waals surface area contributed by atoms with Crippen molar-refractivity contribution in [1.29, 1.82) is 5.26 Å². The van der Waals surface area contributed by atoms with Crippen molar-refractivity contribution in [2.75, 3.05) is 14.2 Å². The van der Waals surface area contributed by atoms with Crippen LogP contribution in [0.3, 0.4) is 0 Å². The number of halogens is 1. The maximum Gasteiger partial charge on any atom is 0.255 e. The van der Waals surface area contributed by atoms with Crippen LogP contribution in [0.4, 0.5) is 4.39 Å². The highest BCUT2D eigenvalue weighted by Gasteiger charge is 2.19. The van der Waals surface area contributed by atoms with Gasteiger partial charge in [-0.2, -0.15) is 10.4 Å². The molecule has 0 atom stereocenters. The van der Waals surface area contributed by atoms with E-state index >= 15 is 0 Å². The average molecular weight is 517 g/mol. The van der Waals surface area contributed by atoms with Gasteiger partial charge in [0.2, 0.25) is 0 Å². The first-order chi connectivity index (χ1) is 18.4. The lowest BCUT2D eigenvalue weighted by Gasteiger charge is -2.10. The maximum absolute atomic E-state index is 14.7. The third-order valence-electron chi connectivity index (χ3n) is 5.80. The molecule has 0 saturated carbocycles. The fourth-order valence-corrected chi connectivity index (χ4v) is 3.87. The lowest BCUT2D eigenvalue weighted by atomic mass is 10.1. The molecule has 3 heterocycles. The number of amides is 1. The normalized spacial score (nSPS) is 10.7. The van der Waals surface area contributed by atoms with Gasteiger partial charge >= 0.3 is 0 Å². The van der Waals surface area contributed by atoms with Crippen LogP contribution in [-0.4, -0.2) is 39.5 Å². The molecule has 194 valence electrons.